The number of benzene rings is 1. The molecule has 5 nitrogen and oxygen atoms in total. The molecule has 0 atom stereocenters. The van der Waals surface area contributed by atoms with E-state index in [4.69, 9.17) is 9.84 Å². The van der Waals surface area contributed by atoms with Crippen LogP contribution in [-0.4, -0.2) is 29.8 Å². The third-order valence-corrected chi connectivity index (χ3v) is 2.86. The van der Waals surface area contributed by atoms with Crippen LogP contribution < -0.4 is 4.90 Å². The summed E-state index contributed by atoms with van der Waals surface area (Å²) in [6.45, 7) is 5.45. The Bertz CT molecular complexity index is 505. The number of carbonyl (C=O) groups is 2. The molecule has 0 saturated heterocycles. The quantitative estimate of drug-likeness (QED) is 0.902. The number of carboxylic acids is 1. The van der Waals surface area contributed by atoms with Gasteiger partial charge in [0.15, 0.2) is 0 Å². The molecule has 0 radical (unpaired) electrons. The first kappa shape index (κ1) is 17.0. The van der Waals surface area contributed by atoms with Gasteiger partial charge in [0.1, 0.15) is 5.60 Å². The molecule has 1 aromatic carbocycles. The van der Waals surface area contributed by atoms with Crippen molar-refractivity contribution in [1.29, 1.82) is 0 Å². The van der Waals surface area contributed by atoms with Crippen molar-refractivity contribution in [2.45, 2.75) is 45.6 Å². The number of anilines is 1. The van der Waals surface area contributed by atoms with Gasteiger partial charge >= 0.3 is 12.1 Å². The number of carboxylic acid groups (broad SMARTS) is 1. The van der Waals surface area contributed by atoms with Gasteiger partial charge in [0.2, 0.25) is 0 Å². The molecule has 0 unspecified atom stereocenters. The van der Waals surface area contributed by atoms with Crippen molar-refractivity contribution >= 4 is 17.7 Å². The number of hydrogen-bond donors (Lipinski definition) is 1. The summed E-state index contributed by atoms with van der Waals surface area (Å²) in [7, 11) is 1.66. The van der Waals surface area contributed by atoms with Crippen LogP contribution in [-0.2, 0) is 16.0 Å². The Morgan fingerprint density at radius 2 is 1.86 bits per heavy atom. The number of rotatable bonds is 5. The molecule has 21 heavy (non-hydrogen) atoms. The predicted octanol–water partition coefficient (Wildman–Crippen LogP) is 3.47. The van der Waals surface area contributed by atoms with Crippen LogP contribution >= 0.6 is 0 Å². The van der Waals surface area contributed by atoms with E-state index in [9.17, 15) is 9.59 Å². The van der Waals surface area contributed by atoms with Crippen LogP contribution in [0.2, 0.25) is 0 Å². The number of ether oxygens (including phenoxy) is 1. The second-order valence-electron chi connectivity index (χ2n) is 5.92. The highest BCUT2D eigenvalue weighted by atomic mass is 16.6. The zero-order valence-electron chi connectivity index (χ0n) is 13.0. The highest BCUT2D eigenvalue weighted by molar-refractivity contribution is 5.88. The smallest absolute Gasteiger partial charge is 0.414 e. The number of aryl methyl sites for hydroxylation is 1. The molecule has 1 amide bonds. The topological polar surface area (TPSA) is 66.8 Å². The van der Waals surface area contributed by atoms with Crippen LogP contribution in [0.25, 0.3) is 0 Å². The fourth-order valence-corrected chi connectivity index (χ4v) is 1.91. The lowest BCUT2D eigenvalue weighted by Gasteiger charge is -2.26. The molecule has 0 fully saturated rings. The summed E-state index contributed by atoms with van der Waals surface area (Å²) >= 11 is 0. The molecule has 0 aliphatic rings. The summed E-state index contributed by atoms with van der Waals surface area (Å²) in [4.78, 5) is 24.2. The second-order valence-corrected chi connectivity index (χ2v) is 5.92. The van der Waals surface area contributed by atoms with Gasteiger partial charge in [0.05, 0.1) is 0 Å². The van der Waals surface area contributed by atoms with Gasteiger partial charge in [0, 0.05) is 19.2 Å². The lowest BCUT2D eigenvalue weighted by Crippen LogP contribution is -2.34. The molecular formula is C16H23NO4. The summed E-state index contributed by atoms with van der Waals surface area (Å²) in [6, 6.07) is 7.46. The third-order valence-electron chi connectivity index (χ3n) is 2.86. The van der Waals surface area contributed by atoms with E-state index in [0.29, 0.717) is 12.8 Å². The average Bonchev–Trinajstić information content (AvgIpc) is 2.36. The fraction of sp³-hybridized carbons (Fsp3) is 0.500. The lowest BCUT2D eigenvalue weighted by atomic mass is 10.1. The summed E-state index contributed by atoms with van der Waals surface area (Å²) in [5.74, 6) is -0.812. The standard InChI is InChI=1S/C16H23NO4/c1-16(2,3)21-15(20)17(4)13-10-6-5-8-12(13)9-7-11-14(18)19/h5-6,8,10H,7,9,11H2,1-4H3,(H,18,19). The van der Waals surface area contributed by atoms with E-state index in [0.717, 1.165) is 11.3 Å². The Hall–Kier alpha value is -2.04. The van der Waals surface area contributed by atoms with Crippen molar-refractivity contribution in [3.8, 4) is 0 Å². The molecule has 0 aliphatic heterocycles. The van der Waals surface area contributed by atoms with E-state index in [1.165, 1.54) is 4.90 Å². The van der Waals surface area contributed by atoms with Crippen LogP contribution in [0.15, 0.2) is 24.3 Å². The molecule has 1 aromatic rings. The number of aliphatic carboxylic acids is 1. The molecule has 0 saturated carbocycles. The Labute approximate surface area is 125 Å². The predicted molar refractivity (Wildman–Crippen MR) is 81.7 cm³/mol. The SMILES string of the molecule is CN(C(=O)OC(C)(C)C)c1ccccc1CCCC(=O)O. The zero-order chi connectivity index (χ0) is 16.0. The maximum Gasteiger partial charge on any atom is 0.414 e. The van der Waals surface area contributed by atoms with Gasteiger partial charge < -0.3 is 9.84 Å². The minimum absolute atomic E-state index is 0.116. The molecule has 1 N–H and O–H groups in total. The van der Waals surface area contributed by atoms with E-state index in [-0.39, 0.29) is 6.42 Å². The van der Waals surface area contributed by atoms with Crippen molar-refractivity contribution in [3.05, 3.63) is 29.8 Å². The Kier molecular flexibility index (Phi) is 5.76. The Balaban J connectivity index is 2.81. The number of hydrogen-bond acceptors (Lipinski definition) is 3. The van der Waals surface area contributed by atoms with E-state index < -0.39 is 17.7 Å². The van der Waals surface area contributed by atoms with Gasteiger partial charge in [-0.05, 0) is 45.2 Å². The van der Waals surface area contributed by atoms with E-state index in [1.54, 1.807) is 7.05 Å². The summed E-state index contributed by atoms with van der Waals surface area (Å²) in [5.41, 5.74) is 1.13. The first-order chi connectivity index (χ1) is 9.70. The molecule has 0 aliphatic carbocycles. The van der Waals surface area contributed by atoms with E-state index in [1.807, 2.05) is 45.0 Å². The first-order valence-corrected chi connectivity index (χ1v) is 6.97. The van der Waals surface area contributed by atoms with Gasteiger partial charge in [-0.3, -0.25) is 9.69 Å². The van der Waals surface area contributed by atoms with E-state index >= 15 is 0 Å². The van der Waals surface area contributed by atoms with Crippen molar-refractivity contribution in [2.75, 3.05) is 11.9 Å². The number of nitrogens with zero attached hydrogens (tertiary/aromatic N) is 1. The minimum atomic E-state index is -0.812. The van der Waals surface area contributed by atoms with Crippen molar-refractivity contribution in [2.24, 2.45) is 0 Å². The van der Waals surface area contributed by atoms with Gasteiger partial charge in [-0.2, -0.15) is 0 Å². The first-order valence-electron chi connectivity index (χ1n) is 6.97. The molecule has 0 bridgehead atoms. The highest BCUT2D eigenvalue weighted by Crippen LogP contribution is 2.23. The molecule has 0 aromatic heterocycles. The Morgan fingerprint density at radius 1 is 1.24 bits per heavy atom. The fourth-order valence-electron chi connectivity index (χ4n) is 1.91. The zero-order valence-corrected chi connectivity index (χ0v) is 13.0. The van der Waals surface area contributed by atoms with Crippen LogP contribution in [0.3, 0.4) is 0 Å². The van der Waals surface area contributed by atoms with Crippen molar-refractivity contribution in [3.63, 3.8) is 0 Å². The molecule has 0 spiro atoms. The summed E-state index contributed by atoms with van der Waals surface area (Å²) in [5, 5.41) is 8.70. The monoisotopic (exact) mass is 293 g/mol. The van der Waals surface area contributed by atoms with Crippen LogP contribution in [0.5, 0.6) is 0 Å². The van der Waals surface area contributed by atoms with Gasteiger partial charge in [-0.15, -0.1) is 0 Å². The molecule has 1 rings (SSSR count). The molecular weight excluding hydrogens is 270 g/mol. The van der Waals surface area contributed by atoms with Crippen molar-refractivity contribution < 1.29 is 19.4 Å². The van der Waals surface area contributed by atoms with Crippen LogP contribution in [0.4, 0.5) is 10.5 Å². The van der Waals surface area contributed by atoms with Crippen LogP contribution in [0, 0.1) is 0 Å². The van der Waals surface area contributed by atoms with Gasteiger partial charge in [-0.25, -0.2) is 4.79 Å². The average molecular weight is 293 g/mol. The van der Waals surface area contributed by atoms with Gasteiger partial charge in [0.25, 0.3) is 0 Å². The number of carbonyl (C=O) groups excluding carboxylic acids is 1. The number of para-hydroxylation sites is 1. The summed E-state index contributed by atoms with van der Waals surface area (Å²) < 4.78 is 5.34. The number of amides is 1. The van der Waals surface area contributed by atoms with E-state index in [2.05, 4.69) is 0 Å². The Morgan fingerprint density at radius 3 is 2.43 bits per heavy atom. The molecule has 116 valence electrons. The molecule has 5 heteroatoms. The summed E-state index contributed by atoms with van der Waals surface area (Å²) in [6.07, 6.45) is 0.836. The normalized spacial score (nSPS) is 11.0. The van der Waals surface area contributed by atoms with Crippen molar-refractivity contribution in [1.82, 2.24) is 0 Å². The highest BCUT2D eigenvalue weighted by Gasteiger charge is 2.21. The van der Waals surface area contributed by atoms with Gasteiger partial charge in [-0.1, -0.05) is 18.2 Å². The second kappa shape index (κ2) is 7.11. The van der Waals surface area contributed by atoms with Crippen LogP contribution in [0.1, 0.15) is 39.2 Å². The third kappa shape index (κ3) is 5.85. The largest absolute Gasteiger partial charge is 0.481 e. The lowest BCUT2D eigenvalue weighted by molar-refractivity contribution is -0.137. The minimum Gasteiger partial charge on any atom is -0.481 e. The molecule has 0 heterocycles. The maximum atomic E-state index is 12.1. The maximum absolute atomic E-state index is 12.1.